The zero-order valence-corrected chi connectivity index (χ0v) is 5.61. The molecule has 0 N–H and O–H groups in total. The van der Waals surface area contributed by atoms with Gasteiger partial charge in [-0.05, 0) is 0 Å². The number of rotatable bonds is 0. The third-order valence-corrected chi connectivity index (χ3v) is 1.69. The number of fused-ring (bicyclic) bond motifs is 2. The van der Waals surface area contributed by atoms with Crippen LogP contribution in [0.3, 0.4) is 0 Å². The van der Waals surface area contributed by atoms with Crippen LogP contribution in [0.25, 0.3) is 0 Å². The Bertz CT molecular complexity index is 276. The largest absolute Gasteiger partial charge is 0.343 e. The standard InChI is InChI=1S/C7H5NO3/c8-2-4-1-5(9)7-10-3-6(4)11-7/h1,6-7H,3H2/t6-,7-/m1/s1. The van der Waals surface area contributed by atoms with Gasteiger partial charge in [0.1, 0.15) is 6.10 Å². The zero-order valence-electron chi connectivity index (χ0n) is 5.61. The molecule has 0 saturated carbocycles. The summed E-state index contributed by atoms with van der Waals surface area (Å²) in [6.45, 7) is 0.315. The number of hydrogen-bond acceptors (Lipinski definition) is 4. The Morgan fingerprint density at radius 2 is 2.55 bits per heavy atom. The first-order chi connectivity index (χ1) is 5.31. The van der Waals surface area contributed by atoms with E-state index in [0.29, 0.717) is 12.2 Å². The minimum Gasteiger partial charge on any atom is -0.343 e. The fourth-order valence-electron chi connectivity index (χ4n) is 1.13. The maximum Gasteiger partial charge on any atom is 0.222 e. The van der Waals surface area contributed by atoms with E-state index in [-0.39, 0.29) is 11.9 Å². The highest BCUT2D eigenvalue weighted by Gasteiger charge is 2.37. The summed E-state index contributed by atoms with van der Waals surface area (Å²) in [5.74, 6) is -0.268. The topological polar surface area (TPSA) is 59.3 Å². The van der Waals surface area contributed by atoms with Gasteiger partial charge in [-0.1, -0.05) is 0 Å². The highest BCUT2D eigenvalue weighted by Crippen LogP contribution is 2.23. The van der Waals surface area contributed by atoms with E-state index < -0.39 is 6.29 Å². The monoisotopic (exact) mass is 151 g/mol. The molecular weight excluding hydrogens is 146 g/mol. The Morgan fingerprint density at radius 1 is 1.73 bits per heavy atom. The van der Waals surface area contributed by atoms with E-state index in [9.17, 15) is 4.79 Å². The average Bonchev–Trinajstić information content (AvgIpc) is 2.43. The predicted octanol–water partition coefficient (Wildman–Crippen LogP) is -0.239. The summed E-state index contributed by atoms with van der Waals surface area (Å²) >= 11 is 0. The van der Waals surface area contributed by atoms with Crippen LogP contribution in [0.1, 0.15) is 0 Å². The highest BCUT2D eigenvalue weighted by atomic mass is 16.7. The van der Waals surface area contributed by atoms with Crippen LogP contribution in [0.5, 0.6) is 0 Å². The molecule has 0 aliphatic carbocycles. The molecule has 2 bridgehead atoms. The van der Waals surface area contributed by atoms with Crippen molar-refractivity contribution < 1.29 is 14.3 Å². The molecule has 0 aromatic heterocycles. The van der Waals surface area contributed by atoms with Crippen molar-refractivity contribution in [2.24, 2.45) is 0 Å². The van der Waals surface area contributed by atoms with Crippen LogP contribution in [-0.2, 0) is 14.3 Å². The second-order valence-electron chi connectivity index (χ2n) is 2.40. The van der Waals surface area contributed by atoms with E-state index in [1.165, 1.54) is 6.08 Å². The molecule has 0 spiro atoms. The van der Waals surface area contributed by atoms with E-state index >= 15 is 0 Å². The Balaban J connectivity index is 2.36. The Kier molecular flexibility index (Phi) is 1.28. The molecule has 2 heterocycles. The van der Waals surface area contributed by atoms with Crippen LogP contribution in [0.2, 0.25) is 0 Å². The van der Waals surface area contributed by atoms with Crippen molar-refractivity contribution >= 4 is 5.78 Å². The van der Waals surface area contributed by atoms with Gasteiger partial charge in [0, 0.05) is 6.08 Å². The molecular formula is C7H5NO3. The van der Waals surface area contributed by atoms with Crippen molar-refractivity contribution in [2.45, 2.75) is 12.4 Å². The van der Waals surface area contributed by atoms with Crippen molar-refractivity contribution in [3.8, 4) is 6.07 Å². The maximum absolute atomic E-state index is 10.9. The summed E-state index contributed by atoms with van der Waals surface area (Å²) in [6.07, 6.45) is 0.228. The highest BCUT2D eigenvalue weighted by molar-refractivity contribution is 5.95. The number of ether oxygens (including phenoxy) is 2. The van der Waals surface area contributed by atoms with Gasteiger partial charge >= 0.3 is 0 Å². The van der Waals surface area contributed by atoms with Crippen molar-refractivity contribution in [3.63, 3.8) is 0 Å². The normalized spacial score (nSPS) is 34.8. The molecule has 56 valence electrons. The van der Waals surface area contributed by atoms with Gasteiger partial charge in [-0.3, -0.25) is 4.79 Å². The second-order valence-corrected chi connectivity index (χ2v) is 2.40. The van der Waals surface area contributed by atoms with Gasteiger partial charge in [-0.2, -0.15) is 5.26 Å². The number of hydrogen-bond donors (Lipinski definition) is 0. The van der Waals surface area contributed by atoms with Gasteiger partial charge in [0.2, 0.25) is 12.1 Å². The Labute approximate surface area is 63.0 Å². The Hall–Kier alpha value is -1.18. The first-order valence-electron chi connectivity index (χ1n) is 3.24. The first kappa shape index (κ1) is 6.53. The molecule has 0 unspecified atom stereocenters. The number of ketones is 1. The lowest BCUT2D eigenvalue weighted by atomic mass is 10.1. The smallest absolute Gasteiger partial charge is 0.222 e. The second kappa shape index (κ2) is 2.16. The van der Waals surface area contributed by atoms with Gasteiger partial charge in [0.05, 0.1) is 18.2 Å². The van der Waals surface area contributed by atoms with E-state index in [4.69, 9.17) is 14.7 Å². The van der Waals surface area contributed by atoms with Crippen molar-refractivity contribution in [1.29, 1.82) is 5.26 Å². The zero-order chi connectivity index (χ0) is 7.84. The molecule has 11 heavy (non-hydrogen) atoms. The molecule has 1 fully saturated rings. The molecule has 2 aliphatic rings. The average molecular weight is 151 g/mol. The van der Waals surface area contributed by atoms with E-state index in [0.717, 1.165) is 0 Å². The first-order valence-corrected chi connectivity index (χ1v) is 3.24. The molecule has 1 saturated heterocycles. The van der Waals surface area contributed by atoms with E-state index in [2.05, 4.69) is 0 Å². The summed E-state index contributed by atoms with van der Waals surface area (Å²) in [4.78, 5) is 10.9. The van der Waals surface area contributed by atoms with Crippen LogP contribution in [-0.4, -0.2) is 24.8 Å². The quantitative estimate of drug-likeness (QED) is 0.479. The van der Waals surface area contributed by atoms with E-state index in [1.807, 2.05) is 6.07 Å². The van der Waals surface area contributed by atoms with Crippen molar-refractivity contribution in [1.82, 2.24) is 0 Å². The van der Waals surface area contributed by atoms with Crippen LogP contribution in [0.4, 0.5) is 0 Å². The van der Waals surface area contributed by atoms with Gasteiger partial charge < -0.3 is 9.47 Å². The predicted molar refractivity (Wildman–Crippen MR) is 33.3 cm³/mol. The lowest BCUT2D eigenvalue weighted by Gasteiger charge is -2.12. The molecule has 4 nitrogen and oxygen atoms in total. The van der Waals surface area contributed by atoms with Gasteiger partial charge in [-0.25, -0.2) is 0 Å². The number of carbonyl (C=O) groups is 1. The van der Waals surface area contributed by atoms with Crippen molar-refractivity contribution in [3.05, 3.63) is 11.6 Å². The van der Waals surface area contributed by atoms with Crippen molar-refractivity contribution in [2.75, 3.05) is 6.61 Å². The van der Waals surface area contributed by atoms with Gasteiger partial charge in [-0.15, -0.1) is 0 Å². The molecule has 0 radical (unpaired) electrons. The van der Waals surface area contributed by atoms with Crippen LogP contribution in [0.15, 0.2) is 11.6 Å². The third-order valence-electron chi connectivity index (χ3n) is 1.69. The summed E-state index contributed by atoms with van der Waals surface area (Å²) in [7, 11) is 0. The fourth-order valence-corrected chi connectivity index (χ4v) is 1.13. The fraction of sp³-hybridized carbons (Fsp3) is 0.429. The lowest BCUT2D eigenvalue weighted by Crippen LogP contribution is -2.26. The van der Waals surface area contributed by atoms with Gasteiger partial charge in [0.25, 0.3) is 0 Å². The SMILES string of the molecule is N#CC1=CC(=O)[C@@H]2OC[C@H]1O2. The minimum absolute atomic E-state index is 0.268. The summed E-state index contributed by atoms with van der Waals surface area (Å²) in [5, 5.41) is 8.52. The lowest BCUT2D eigenvalue weighted by molar-refractivity contribution is -0.142. The molecule has 0 amide bonds. The molecule has 2 rings (SSSR count). The molecule has 0 aromatic rings. The number of nitriles is 1. The number of carbonyl (C=O) groups excluding carboxylic acids is 1. The summed E-state index contributed by atoms with van der Waals surface area (Å²) in [6, 6.07) is 1.90. The summed E-state index contributed by atoms with van der Waals surface area (Å²) in [5.41, 5.74) is 0.365. The van der Waals surface area contributed by atoms with Crippen LogP contribution >= 0.6 is 0 Å². The molecule has 2 atom stereocenters. The number of nitrogens with zero attached hydrogens (tertiary/aromatic N) is 1. The van der Waals surface area contributed by atoms with Crippen LogP contribution in [0, 0.1) is 11.3 Å². The molecule has 0 aromatic carbocycles. The van der Waals surface area contributed by atoms with Crippen LogP contribution < -0.4 is 0 Å². The minimum atomic E-state index is -0.753. The molecule has 4 heteroatoms. The Morgan fingerprint density at radius 3 is 3.27 bits per heavy atom. The van der Waals surface area contributed by atoms with Gasteiger partial charge in [0.15, 0.2) is 0 Å². The molecule has 2 aliphatic heterocycles. The maximum atomic E-state index is 10.9. The van der Waals surface area contributed by atoms with E-state index in [1.54, 1.807) is 0 Å². The summed E-state index contributed by atoms with van der Waals surface area (Å²) < 4.78 is 10.00. The third kappa shape index (κ3) is 0.862.